The first-order valence-electron chi connectivity index (χ1n) is 7.34. The van der Waals surface area contributed by atoms with Gasteiger partial charge in [-0.2, -0.15) is 30.0 Å². The maximum Gasteiger partial charge on any atom is 0.408 e. The minimum atomic E-state index is -4.38. The molecule has 1 aliphatic rings. The van der Waals surface area contributed by atoms with Crippen LogP contribution in [0.15, 0.2) is 24.3 Å². The molecule has 0 fully saturated rings. The summed E-state index contributed by atoms with van der Waals surface area (Å²) in [7, 11) is 0. The van der Waals surface area contributed by atoms with E-state index in [1.54, 1.807) is 36.0 Å². The standard InChI is InChI=1S/C15H16F3N3O2S/c1-24-7-6-13-19-14(21(20-13)9-15(16,17)18)12-8-22-10-4-2-3-5-11(10)23-12/h2-5,12H,6-9H2,1H3. The Morgan fingerprint density at radius 3 is 2.75 bits per heavy atom. The Morgan fingerprint density at radius 1 is 1.29 bits per heavy atom. The normalized spacial score (nSPS) is 17.1. The third-order valence-electron chi connectivity index (χ3n) is 3.40. The molecule has 24 heavy (non-hydrogen) atoms. The Hall–Kier alpha value is -1.90. The number of aryl methyl sites for hydroxylation is 1. The number of para-hydroxylation sites is 2. The van der Waals surface area contributed by atoms with E-state index in [0.29, 0.717) is 23.7 Å². The van der Waals surface area contributed by atoms with E-state index in [9.17, 15) is 13.2 Å². The van der Waals surface area contributed by atoms with Gasteiger partial charge in [0.25, 0.3) is 0 Å². The van der Waals surface area contributed by atoms with Gasteiger partial charge in [0.1, 0.15) is 13.2 Å². The highest BCUT2D eigenvalue weighted by molar-refractivity contribution is 7.98. The molecule has 0 saturated carbocycles. The number of nitrogens with zero attached hydrogens (tertiary/aromatic N) is 3. The second-order valence-electron chi connectivity index (χ2n) is 5.27. The van der Waals surface area contributed by atoms with Crippen molar-refractivity contribution in [2.75, 3.05) is 18.6 Å². The van der Waals surface area contributed by atoms with Gasteiger partial charge in [0, 0.05) is 12.2 Å². The van der Waals surface area contributed by atoms with Crippen LogP contribution in [0, 0.1) is 0 Å². The predicted molar refractivity (Wildman–Crippen MR) is 83.5 cm³/mol. The number of aromatic nitrogens is 3. The number of hydrogen-bond donors (Lipinski definition) is 0. The van der Waals surface area contributed by atoms with Gasteiger partial charge >= 0.3 is 6.18 Å². The highest BCUT2D eigenvalue weighted by Gasteiger charge is 2.34. The molecule has 0 radical (unpaired) electrons. The lowest BCUT2D eigenvalue weighted by Crippen LogP contribution is -2.28. The maximum absolute atomic E-state index is 12.8. The van der Waals surface area contributed by atoms with Crippen LogP contribution in [0.4, 0.5) is 13.2 Å². The zero-order valence-corrected chi connectivity index (χ0v) is 13.7. The molecule has 3 rings (SSSR count). The lowest BCUT2D eigenvalue weighted by molar-refractivity contribution is -0.143. The summed E-state index contributed by atoms with van der Waals surface area (Å²) in [5.74, 6) is 2.31. The maximum atomic E-state index is 12.8. The molecule has 9 heteroatoms. The molecule has 0 spiro atoms. The van der Waals surface area contributed by atoms with Crippen molar-refractivity contribution in [1.82, 2.24) is 14.8 Å². The molecular weight excluding hydrogens is 343 g/mol. The summed E-state index contributed by atoms with van der Waals surface area (Å²) >= 11 is 1.58. The van der Waals surface area contributed by atoms with E-state index >= 15 is 0 Å². The van der Waals surface area contributed by atoms with Gasteiger partial charge in [-0.05, 0) is 18.4 Å². The van der Waals surface area contributed by atoms with E-state index in [4.69, 9.17) is 9.47 Å². The third kappa shape index (κ3) is 3.95. The molecule has 0 amide bonds. The second-order valence-corrected chi connectivity index (χ2v) is 6.25. The first kappa shape index (κ1) is 16.9. The summed E-state index contributed by atoms with van der Waals surface area (Å²) in [6, 6.07) is 7.03. The molecule has 5 nitrogen and oxygen atoms in total. The summed E-state index contributed by atoms with van der Waals surface area (Å²) in [4.78, 5) is 4.26. The number of thioether (sulfide) groups is 1. The van der Waals surface area contributed by atoms with Crippen LogP contribution in [0.5, 0.6) is 11.5 Å². The molecule has 2 heterocycles. The number of halogens is 3. The average Bonchev–Trinajstić information content (AvgIpc) is 2.93. The third-order valence-corrected chi connectivity index (χ3v) is 4.01. The molecule has 130 valence electrons. The number of rotatable bonds is 5. The first-order chi connectivity index (χ1) is 11.5. The fraction of sp³-hybridized carbons (Fsp3) is 0.467. The van der Waals surface area contributed by atoms with Crippen LogP contribution < -0.4 is 9.47 Å². The topological polar surface area (TPSA) is 49.2 Å². The van der Waals surface area contributed by atoms with E-state index in [-0.39, 0.29) is 12.4 Å². The number of hydrogen-bond acceptors (Lipinski definition) is 5. The molecule has 1 aromatic heterocycles. The lowest BCUT2D eigenvalue weighted by atomic mass is 10.2. The summed E-state index contributed by atoms with van der Waals surface area (Å²) in [5, 5.41) is 4.00. The number of ether oxygens (including phenoxy) is 2. The Labute approximate surface area is 141 Å². The van der Waals surface area contributed by atoms with Crippen molar-refractivity contribution < 1.29 is 22.6 Å². The van der Waals surface area contributed by atoms with Gasteiger partial charge in [-0.1, -0.05) is 12.1 Å². The van der Waals surface area contributed by atoms with E-state index in [2.05, 4.69) is 10.1 Å². The van der Waals surface area contributed by atoms with E-state index < -0.39 is 18.8 Å². The van der Waals surface area contributed by atoms with Crippen molar-refractivity contribution in [3.05, 3.63) is 35.9 Å². The minimum Gasteiger partial charge on any atom is -0.485 e. The van der Waals surface area contributed by atoms with Crippen LogP contribution in [-0.2, 0) is 13.0 Å². The van der Waals surface area contributed by atoms with Gasteiger partial charge < -0.3 is 9.47 Å². The Kier molecular flexibility index (Phi) is 4.88. The Morgan fingerprint density at radius 2 is 2.04 bits per heavy atom. The Balaban J connectivity index is 1.87. The molecule has 1 unspecified atom stereocenters. The van der Waals surface area contributed by atoms with Crippen LogP contribution in [0.3, 0.4) is 0 Å². The SMILES string of the molecule is CSCCc1nc(C2COc3ccccc3O2)n(CC(F)(F)F)n1. The molecule has 0 N–H and O–H groups in total. The van der Waals surface area contributed by atoms with Gasteiger partial charge in [0.2, 0.25) is 0 Å². The smallest absolute Gasteiger partial charge is 0.408 e. The van der Waals surface area contributed by atoms with Crippen molar-refractivity contribution in [2.24, 2.45) is 0 Å². The summed E-state index contributed by atoms with van der Waals surface area (Å²) in [5.41, 5.74) is 0. The van der Waals surface area contributed by atoms with Crippen LogP contribution in [0.25, 0.3) is 0 Å². The summed E-state index contributed by atoms with van der Waals surface area (Å²) in [6.07, 6.45) is -2.68. The van der Waals surface area contributed by atoms with E-state index in [1.807, 2.05) is 6.26 Å². The summed E-state index contributed by atoms with van der Waals surface area (Å²) in [6.45, 7) is -1.11. The molecule has 1 aromatic carbocycles. The van der Waals surface area contributed by atoms with Crippen LogP contribution >= 0.6 is 11.8 Å². The van der Waals surface area contributed by atoms with E-state index in [1.165, 1.54) is 0 Å². The highest BCUT2D eigenvalue weighted by Crippen LogP contribution is 2.35. The van der Waals surface area contributed by atoms with Crippen LogP contribution in [0.1, 0.15) is 17.8 Å². The van der Waals surface area contributed by atoms with Gasteiger partial charge in [0.15, 0.2) is 29.3 Å². The highest BCUT2D eigenvalue weighted by atomic mass is 32.2. The molecular formula is C15H16F3N3O2S. The molecule has 2 aromatic rings. The molecule has 1 atom stereocenters. The molecule has 1 aliphatic heterocycles. The fourth-order valence-electron chi connectivity index (χ4n) is 2.37. The predicted octanol–water partition coefficient (Wildman–Crippen LogP) is 3.26. The zero-order valence-electron chi connectivity index (χ0n) is 12.9. The molecule has 0 saturated heterocycles. The minimum absolute atomic E-state index is 0.0928. The van der Waals surface area contributed by atoms with Gasteiger partial charge in [-0.25, -0.2) is 9.67 Å². The second kappa shape index (κ2) is 6.92. The number of fused-ring (bicyclic) bond motifs is 1. The average molecular weight is 359 g/mol. The number of alkyl halides is 3. The van der Waals surface area contributed by atoms with Gasteiger partial charge in [-0.3, -0.25) is 0 Å². The van der Waals surface area contributed by atoms with E-state index in [0.717, 1.165) is 10.4 Å². The number of benzene rings is 1. The van der Waals surface area contributed by atoms with Gasteiger partial charge in [-0.15, -0.1) is 0 Å². The quantitative estimate of drug-likeness (QED) is 0.820. The van der Waals surface area contributed by atoms with Gasteiger partial charge in [0.05, 0.1) is 0 Å². The molecule has 0 bridgehead atoms. The largest absolute Gasteiger partial charge is 0.485 e. The van der Waals surface area contributed by atoms with Crippen molar-refractivity contribution in [3.63, 3.8) is 0 Å². The fourth-order valence-corrected chi connectivity index (χ4v) is 2.76. The van der Waals surface area contributed by atoms with Crippen LogP contribution in [0.2, 0.25) is 0 Å². The molecule has 0 aliphatic carbocycles. The summed E-state index contributed by atoms with van der Waals surface area (Å²) < 4.78 is 50.7. The van der Waals surface area contributed by atoms with Crippen LogP contribution in [-0.4, -0.2) is 39.6 Å². The van der Waals surface area contributed by atoms with Crippen molar-refractivity contribution >= 4 is 11.8 Å². The lowest BCUT2D eigenvalue weighted by Gasteiger charge is -2.26. The first-order valence-corrected chi connectivity index (χ1v) is 8.73. The Bertz CT molecular complexity index is 706. The van der Waals surface area contributed by atoms with Crippen molar-refractivity contribution in [3.8, 4) is 11.5 Å². The van der Waals surface area contributed by atoms with Crippen molar-refractivity contribution in [1.29, 1.82) is 0 Å². The monoisotopic (exact) mass is 359 g/mol. The zero-order chi connectivity index (χ0) is 17.2. The van der Waals surface area contributed by atoms with Crippen molar-refractivity contribution in [2.45, 2.75) is 25.2 Å².